The molecule has 8 nitrogen and oxygen atoms in total. The molecule has 9 heteroatoms. The molecule has 0 unspecified atom stereocenters. The number of carbonyl (C=O) groups excluding carboxylic acids is 2. The van der Waals surface area contributed by atoms with Gasteiger partial charge in [0.05, 0.1) is 0 Å². The van der Waals surface area contributed by atoms with Crippen molar-refractivity contribution in [2.45, 2.75) is 13.0 Å². The average molecular weight is 356 g/mol. The topological polar surface area (TPSA) is 95.1 Å². The molecule has 1 aliphatic rings. The molecule has 0 saturated carbocycles. The summed E-state index contributed by atoms with van der Waals surface area (Å²) in [4.78, 5) is 32.0. The zero-order valence-electron chi connectivity index (χ0n) is 14.0. The van der Waals surface area contributed by atoms with Crippen LogP contribution in [0.1, 0.15) is 22.6 Å². The first kappa shape index (κ1) is 17.5. The van der Waals surface area contributed by atoms with Gasteiger partial charge in [-0.2, -0.15) is 5.26 Å². The fourth-order valence-electron chi connectivity index (χ4n) is 2.83. The molecule has 3 rings (SSSR count). The number of nitrogens with zero attached hydrogens (tertiary/aromatic N) is 6. The van der Waals surface area contributed by atoms with Gasteiger partial charge in [-0.1, -0.05) is 6.07 Å². The molecule has 2 amide bonds. The Bertz CT molecular complexity index is 859. The third-order valence-corrected chi connectivity index (χ3v) is 4.14. The van der Waals surface area contributed by atoms with Gasteiger partial charge in [0, 0.05) is 31.7 Å². The predicted octanol–water partition coefficient (Wildman–Crippen LogP) is 0.664. The van der Waals surface area contributed by atoms with E-state index < -0.39 is 5.82 Å². The van der Waals surface area contributed by atoms with Gasteiger partial charge in [-0.05, 0) is 24.6 Å². The lowest BCUT2D eigenvalue weighted by Crippen LogP contribution is -2.38. The van der Waals surface area contributed by atoms with Gasteiger partial charge in [0.25, 0.3) is 11.7 Å². The summed E-state index contributed by atoms with van der Waals surface area (Å²) in [5, 5.41) is 12.6. The van der Waals surface area contributed by atoms with E-state index in [9.17, 15) is 14.0 Å². The fourth-order valence-corrected chi connectivity index (χ4v) is 2.83. The fraction of sp³-hybridized carbons (Fsp3) is 0.353. The molecule has 2 heterocycles. The van der Waals surface area contributed by atoms with Gasteiger partial charge in [-0.25, -0.2) is 14.1 Å². The minimum absolute atomic E-state index is 0.00742. The van der Waals surface area contributed by atoms with E-state index in [0.29, 0.717) is 38.2 Å². The molecule has 1 aliphatic heterocycles. The molecule has 1 saturated heterocycles. The second kappa shape index (κ2) is 7.74. The lowest BCUT2D eigenvalue weighted by atomic mass is 10.2. The highest BCUT2D eigenvalue weighted by Crippen LogP contribution is 2.11. The van der Waals surface area contributed by atoms with Crippen molar-refractivity contribution in [3.05, 3.63) is 47.8 Å². The minimum atomic E-state index is -0.452. The quantitative estimate of drug-likeness (QED) is 0.805. The maximum Gasteiger partial charge on any atom is 0.254 e. The summed E-state index contributed by atoms with van der Waals surface area (Å²) >= 11 is 0. The van der Waals surface area contributed by atoms with Crippen LogP contribution < -0.4 is 0 Å². The van der Waals surface area contributed by atoms with Crippen LogP contribution in [0.4, 0.5) is 4.39 Å². The highest BCUT2D eigenvalue weighted by molar-refractivity contribution is 5.94. The van der Waals surface area contributed by atoms with Crippen LogP contribution in [0.15, 0.2) is 30.6 Å². The van der Waals surface area contributed by atoms with E-state index >= 15 is 0 Å². The van der Waals surface area contributed by atoms with E-state index in [0.717, 1.165) is 0 Å². The molecular weight excluding hydrogens is 339 g/mol. The molecule has 1 aromatic carbocycles. The third kappa shape index (κ3) is 4.03. The van der Waals surface area contributed by atoms with E-state index in [4.69, 9.17) is 5.26 Å². The van der Waals surface area contributed by atoms with Crippen LogP contribution in [-0.2, 0) is 11.3 Å². The van der Waals surface area contributed by atoms with E-state index in [1.54, 1.807) is 15.9 Å². The number of aromatic nitrogens is 3. The van der Waals surface area contributed by atoms with Gasteiger partial charge >= 0.3 is 0 Å². The van der Waals surface area contributed by atoms with Gasteiger partial charge in [0.2, 0.25) is 5.91 Å². The van der Waals surface area contributed by atoms with E-state index in [-0.39, 0.29) is 24.2 Å². The van der Waals surface area contributed by atoms with E-state index in [1.165, 1.54) is 29.2 Å². The van der Waals surface area contributed by atoms with Gasteiger partial charge in [-0.3, -0.25) is 9.59 Å². The van der Waals surface area contributed by atoms with Crippen molar-refractivity contribution in [2.75, 3.05) is 26.2 Å². The van der Waals surface area contributed by atoms with Crippen molar-refractivity contribution in [3.63, 3.8) is 0 Å². The number of rotatable bonds is 3. The molecule has 0 aliphatic carbocycles. The number of nitriles is 1. The zero-order chi connectivity index (χ0) is 18.5. The van der Waals surface area contributed by atoms with Crippen molar-refractivity contribution in [3.8, 4) is 6.07 Å². The Hall–Kier alpha value is -3.28. The first-order valence-corrected chi connectivity index (χ1v) is 8.19. The van der Waals surface area contributed by atoms with Crippen molar-refractivity contribution in [1.82, 2.24) is 24.6 Å². The Morgan fingerprint density at radius 3 is 2.69 bits per heavy atom. The predicted molar refractivity (Wildman–Crippen MR) is 88.2 cm³/mol. The molecule has 26 heavy (non-hydrogen) atoms. The monoisotopic (exact) mass is 356 g/mol. The van der Waals surface area contributed by atoms with Crippen LogP contribution in [0.25, 0.3) is 0 Å². The van der Waals surface area contributed by atoms with Crippen LogP contribution in [0.2, 0.25) is 0 Å². The molecule has 0 spiro atoms. The van der Waals surface area contributed by atoms with Gasteiger partial charge in [0.15, 0.2) is 0 Å². The molecule has 2 aromatic rings. The number of amides is 2. The van der Waals surface area contributed by atoms with Crippen molar-refractivity contribution in [1.29, 1.82) is 5.26 Å². The molecule has 0 N–H and O–H groups in total. The summed E-state index contributed by atoms with van der Waals surface area (Å²) in [5.41, 5.74) is 0.302. The normalized spacial score (nSPS) is 14.6. The van der Waals surface area contributed by atoms with Crippen LogP contribution in [0.5, 0.6) is 0 Å². The molecule has 134 valence electrons. The van der Waals surface area contributed by atoms with Gasteiger partial charge in [0.1, 0.15) is 24.8 Å². The molecule has 0 radical (unpaired) electrons. The number of carbonyl (C=O) groups is 2. The van der Waals surface area contributed by atoms with Crippen LogP contribution in [0, 0.1) is 17.1 Å². The van der Waals surface area contributed by atoms with Crippen molar-refractivity contribution in [2.24, 2.45) is 0 Å². The maximum absolute atomic E-state index is 13.3. The standard InChI is InChI=1S/C17H17FN6O2/c18-14-4-1-3-13(9-14)17(26)23-6-2-5-22(7-8-23)16(25)11-24-12-20-15(10-19)21-24/h1,3-4,9,12H,2,5-8,11H2. The lowest BCUT2D eigenvalue weighted by Gasteiger charge is -2.22. The first-order chi connectivity index (χ1) is 12.6. The zero-order valence-corrected chi connectivity index (χ0v) is 14.0. The molecule has 1 aromatic heterocycles. The van der Waals surface area contributed by atoms with Crippen LogP contribution in [0.3, 0.4) is 0 Å². The lowest BCUT2D eigenvalue weighted by molar-refractivity contribution is -0.131. The number of hydrogen-bond acceptors (Lipinski definition) is 5. The van der Waals surface area contributed by atoms with E-state index in [2.05, 4.69) is 10.1 Å². The molecule has 0 atom stereocenters. The summed E-state index contributed by atoms with van der Waals surface area (Å²) in [6.07, 6.45) is 1.97. The highest BCUT2D eigenvalue weighted by atomic mass is 19.1. The third-order valence-electron chi connectivity index (χ3n) is 4.14. The Balaban J connectivity index is 1.60. The Labute approximate surface area is 149 Å². The minimum Gasteiger partial charge on any atom is -0.339 e. The summed E-state index contributed by atoms with van der Waals surface area (Å²) in [7, 11) is 0. The Morgan fingerprint density at radius 2 is 1.96 bits per heavy atom. The largest absolute Gasteiger partial charge is 0.339 e. The molecule has 0 bridgehead atoms. The average Bonchev–Trinajstić information content (AvgIpc) is 2.94. The summed E-state index contributed by atoms with van der Waals surface area (Å²) < 4.78 is 14.6. The highest BCUT2D eigenvalue weighted by Gasteiger charge is 2.23. The van der Waals surface area contributed by atoms with Crippen LogP contribution in [-0.4, -0.2) is 62.6 Å². The number of hydrogen-bond donors (Lipinski definition) is 0. The first-order valence-electron chi connectivity index (χ1n) is 8.19. The second-order valence-electron chi connectivity index (χ2n) is 5.91. The number of halogens is 1. The van der Waals surface area contributed by atoms with Crippen molar-refractivity contribution < 1.29 is 14.0 Å². The van der Waals surface area contributed by atoms with E-state index in [1.807, 2.05) is 6.07 Å². The summed E-state index contributed by atoms with van der Waals surface area (Å²) in [6.45, 7) is 1.78. The van der Waals surface area contributed by atoms with Crippen molar-refractivity contribution >= 4 is 11.8 Å². The van der Waals surface area contributed by atoms with Gasteiger partial charge in [-0.15, -0.1) is 5.10 Å². The summed E-state index contributed by atoms with van der Waals surface area (Å²) in [6, 6.07) is 7.40. The molecular formula is C17H17FN6O2. The molecule has 1 fully saturated rings. The Kier molecular flexibility index (Phi) is 5.22. The van der Waals surface area contributed by atoms with Crippen LogP contribution >= 0.6 is 0 Å². The maximum atomic E-state index is 13.3. The summed E-state index contributed by atoms with van der Waals surface area (Å²) in [5.74, 6) is -0.833. The number of benzene rings is 1. The smallest absolute Gasteiger partial charge is 0.254 e. The Morgan fingerprint density at radius 1 is 1.19 bits per heavy atom. The second-order valence-corrected chi connectivity index (χ2v) is 5.91. The SMILES string of the molecule is N#Cc1ncn(CC(=O)N2CCCN(C(=O)c3cccc(F)c3)CC2)n1. The van der Waals surface area contributed by atoms with Gasteiger partial charge < -0.3 is 9.80 Å².